The first-order chi connectivity index (χ1) is 11.0. The van der Waals surface area contributed by atoms with Crippen LogP contribution in [-0.2, 0) is 9.59 Å². The molecule has 0 saturated carbocycles. The number of nitrogens with zero attached hydrogens (tertiary/aromatic N) is 1. The molecule has 0 heterocycles. The number of terminal acetylenes is 1. The first-order valence-electron chi connectivity index (χ1n) is 6.66. The summed E-state index contributed by atoms with van der Waals surface area (Å²) in [6, 6.07) is 3.07. The van der Waals surface area contributed by atoms with Crippen LogP contribution in [0.1, 0.15) is 18.9 Å². The minimum absolute atomic E-state index is 0.0375. The van der Waals surface area contributed by atoms with Gasteiger partial charge in [-0.05, 0) is 24.1 Å². The van der Waals surface area contributed by atoms with Crippen LogP contribution >= 0.6 is 23.2 Å². The van der Waals surface area contributed by atoms with Crippen LogP contribution in [0.4, 0.5) is 0 Å². The van der Waals surface area contributed by atoms with E-state index < -0.39 is 11.8 Å². The van der Waals surface area contributed by atoms with Crippen LogP contribution in [0.2, 0.25) is 10.0 Å². The molecule has 0 atom stereocenters. The lowest BCUT2D eigenvalue weighted by atomic mass is 10.2. The highest BCUT2D eigenvalue weighted by Gasteiger charge is 2.11. The van der Waals surface area contributed by atoms with Gasteiger partial charge in [-0.1, -0.05) is 36.0 Å². The molecule has 0 aromatic heterocycles. The Labute approximate surface area is 144 Å². The number of nitrogens with one attached hydrogen (secondary N) is 2. The summed E-state index contributed by atoms with van der Waals surface area (Å²) in [7, 11) is 0. The Kier molecular flexibility index (Phi) is 7.95. The number of hydrogen-bond donors (Lipinski definition) is 2. The Morgan fingerprint density at radius 3 is 2.57 bits per heavy atom. The minimum atomic E-state index is -0.860. The van der Waals surface area contributed by atoms with Crippen LogP contribution in [-0.4, -0.2) is 31.2 Å². The van der Waals surface area contributed by atoms with Crippen LogP contribution in [0.5, 0.6) is 5.75 Å². The molecule has 0 saturated heterocycles. The first kappa shape index (κ1) is 18.8. The molecule has 0 fully saturated rings. The fourth-order valence-electron chi connectivity index (χ4n) is 1.44. The molecule has 0 bridgehead atoms. The molecule has 0 spiro atoms. The van der Waals surface area contributed by atoms with E-state index in [1.54, 1.807) is 0 Å². The lowest BCUT2D eigenvalue weighted by molar-refractivity contribution is -0.139. The number of amides is 2. The summed E-state index contributed by atoms with van der Waals surface area (Å²) in [4.78, 5) is 22.7. The lowest BCUT2D eigenvalue weighted by Crippen LogP contribution is -2.38. The van der Waals surface area contributed by atoms with E-state index in [0.717, 1.165) is 6.42 Å². The summed E-state index contributed by atoms with van der Waals surface area (Å²) in [5.41, 5.74) is 2.62. The standard InChI is InChI=1S/C15H15Cl2N3O3/c1-3-5-18-14(21)15(22)20-19-9-10-7-11(16)13(12(17)8-10)23-6-4-2/h2,7-9H,3,5-6H2,1H3,(H,18,21)(H,20,22)/b19-9-. The third kappa shape index (κ3) is 6.19. The quantitative estimate of drug-likeness (QED) is 0.354. The number of carbonyl (C=O) groups is 2. The van der Waals surface area contributed by atoms with Gasteiger partial charge in [0, 0.05) is 6.54 Å². The molecule has 0 radical (unpaired) electrons. The van der Waals surface area contributed by atoms with E-state index in [1.165, 1.54) is 18.3 Å². The van der Waals surface area contributed by atoms with Crippen molar-refractivity contribution in [3.8, 4) is 18.1 Å². The fourth-order valence-corrected chi connectivity index (χ4v) is 2.05. The first-order valence-corrected chi connectivity index (χ1v) is 7.41. The van der Waals surface area contributed by atoms with E-state index in [-0.39, 0.29) is 22.4 Å². The van der Waals surface area contributed by atoms with E-state index in [4.69, 9.17) is 34.4 Å². The zero-order valence-corrected chi connectivity index (χ0v) is 13.9. The smallest absolute Gasteiger partial charge is 0.329 e. The van der Waals surface area contributed by atoms with Gasteiger partial charge < -0.3 is 10.1 Å². The number of hydrazone groups is 1. The fraction of sp³-hybridized carbons (Fsp3) is 0.267. The summed E-state index contributed by atoms with van der Waals surface area (Å²) in [6.45, 7) is 2.33. The number of hydrogen-bond acceptors (Lipinski definition) is 4. The molecule has 8 heteroatoms. The molecule has 0 unspecified atom stereocenters. The van der Waals surface area contributed by atoms with Gasteiger partial charge in [0.05, 0.1) is 16.3 Å². The lowest BCUT2D eigenvalue weighted by Gasteiger charge is -2.08. The third-order valence-corrected chi connectivity index (χ3v) is 3.00. The minimum Gasteiger partial charge on any atom is -0.478 e. The van der Waals surface area contributed by atoms with Gasteiger partial charge in [0.1, 0.15) is 6.61 Å². The zero-order chi connectivity index (χ0) is 17.2. The predicted molar refractivity (Wildman–Crippen MR) is 89.8 cm³/mol. The number of carbonyl (C=O) groups excluding carboxylic acids is 2. The molecule has 0 aliphatic rings. The van der Waals surface area contributed by atoms with Crippen LogP contribution in [0, 0.1) is 12.3 Å². The summed E-state index contributed by atoms with van der Waals surface area (Å²) < 4.78 is 5.22. The van der Waals surface area contributed by atoms with Crippen molar-refractivity contribution in [3.05, 3.63) is 27.7 Å². The van der Waals surface area contributed by atoms with Gasteiger partial charge in [-0.25, -0.2) is 5.43 Å². The van der Waals surface area contributed by atoms with Gasteiger partial charge in [-0.15, -0.1) is 6.42 Å². The van der Waals surface area contributed by atoms with E-state index in [1.807, 2.05) is 6.92 Å². The maximum absolute atomic E-state index is 11.4. The molecule has 1 aromatic carbocycles. The summed E-state index contributed by atoms with van der Waals surface area (Å²) in [5.74, 6) is 0.964. The van der Waals surface area contributed by atoms with Gasteiger partial charge >= 0.3 is 11.8 Å². The number of rotatable bonds is 6. The Morgan fingerprint density at radius 2 is 2.00 bits per heavy atom. The molecule has 2 N–H and O–H groups in total. The molecular weight excluding hydrogens is 341 g/mol. The van der Waals surface area contributed by atoms with Crippen molar-refractivity contribution in [3.63, 3.8) is 0 Å². The van der Waals surface area contributed by atoms with Crippen molar-refractivity contribution in [2.45, 2.75) is 13.3 Å². The van der Waals surface area contributed by atoms with E-state index in [0.29, 0.717) is 12.1 Å². The zero-order valence-electron chi connectivity index (χ0n) is 12.4. The predicted octanol–water partition coefficient (Wildman–Crippen LogP) is 1.98. The SMILES string of the molecule is C#CCOc1c(Cl)cc(/C=N\NC(=O)C(=O)NCCC)cc1Cl. The van der Waals surface area contributed by atoms with E-state index in [9.17, 15) is 9.59 Å². The molecule has 23 heavy (non-hydrogen) atoms. The van der Waals surface area contributed by atoms with Crippen LogP contribution < -0.4 is 15.5 Å². The van der Waals surface area contributed by atoms with Gasteiger partial charge in [0.15, 0.2) is 5.75 Å². The molecule has 1 rings (SSSR count). The summed E-state index contributed by atoms with van der Waals surface area (Å²) in [5, 5.41) is 6.60. The summed E-state index contributed by atoms with van der Waals surface area (Å²) >= 11 is 12.1. The third-order valence-electron chi connectivity index (χ3n) is 2.44. The monoisotopic (exact) mass is 355 g/mol. The molecule has 1 aromatic rings. The molecular formula is C15H15Cl2N3O3. The number of halogens is 2. The van der Waals surface area contributed by atoms with Gasteiger partial charge in [-0.2, -0.15) is 5.10 Å². The van der Waals surface area contributed by atoms with Crippen molar-refractivity contribution in [1.29, 1.82) is 0 Å². The van der Waals surface area contributed by atoms with E-state index >= 15 is 0 Å². The molecule has 0 aliphatic carbocycles. The van der Waals surface area contributed by atoms with Crippen molar-refractivity contribution < 1.29 is 14.3 Å². The van der Waals surface area contributed by atoms with Gasteiger partial charge in [0.2, 0.25) is 0 Å². The molecule has 2 amide bonds. The van der Waals surface area contributed by atoms with Crippen LogP contribution in [0.25, 0.3) is 0 Å². The second-order valence-electron chi connectivity index (χ2n) is 4.26. The topological polar surface area (TPSA) is 79.8 Å². The highest BCUT2D eigenvalue weighted by Crippen LogP contribution is 2.33. The second-order valence-corrected chi connectivity index (χ2v) is 5.08. The van der Waals surface area contributed by atoms with Crippen molar-refractivity contribution in [2.75, 3.05) is 13.2 Å². The highest BCUT2D eigenvalue weighted by molar-refractivity contribution is 6.37. The van der Waals surface area contributed by atoms with Crippen molar-refractivity contribution in [2.24, 2.45) is 5.10 Å². The Hall–Kier alpha value is -2.23. The number of ether oxygens (including phenoxy) is 1. The normalized spacial score (nSPS) is 10.2. The van der Waals surface area contributed by atoms with Crippen molar-refractivity contribution >= 4 is 41.2 Å². The highest BCUT2D eigenvalue weighted by atomic mass is 35.5. The Morgan fingerprint density at radius 1 is 1.35 bits per heavy atom. The van der Waals surface area contributed by atoms with Gasteiger partial charge in [0.25, 0.3) is 0 Å². The number of benzene rings is 1. The average Bonchev–Trinajstić information content (AvgIpc) is 2.51. The van der Waals surface area contributed by atoms with E-state index in [2.05, 4.69) is 21.8 Å². The second kappa shape index (κ2) is 9.72. The maximum atomic E-state index is 11.4. The summed E-state index contributed by atoms with van der Waals surface area (Å²) in [6.07, 6.45) is 7.13. The van der Waals surface area contributed by atoms with Gasteiger partial charge in [-0.3, -0.25) is 9.59 Å². The Bertz CT molecular complexity index is 631. The van der Waals surface area contributed by atoms with Crippen LogP contribution in [0.15, 0.2) is 17.2 Å². The molecule has 6 nitrogen and oxygen atoms in total. The maximum Gasteiger partial charge on any atom is 0.329 e. The molecule has 122 valence electrons. The Balaban J connectivity index is 2.69. The average molecular weight is 356 g/mol. The molecule has 0 aliphatic heterocycles. The van der Waals surface area contributed by atoms with Crippen LogP contribution in [0.3, 0.4) is 0 Å². The largest absolute Gasteiger partial charge is 0.478 e. The van der Waals surface area contributed by atoms with Crippen molar-refractivity contribution in [1.82, 2.24) is 10.7 Å².